The Morgan fingerprint density at radius 1 is 1.15 bits per heavy atom. The number of para-hydroxylation sites is 1. The van der Waals surface area contributed by atoms with Crippen LogP contribution in [0.4, 0.5) is 11.4 Å². The van der Waals surface area contributed by atoms with Crippen molar-refractivity contribution >= 4 is 21.4 Å². The number of anilines is 2. The van der Waals surface area contributed by atoms with Crippen LogP contribution >= 0.6 is 0 Å². The van der Waals surface area contributed by atoms with E-state index in [0.717, 1.165) is 17.5 Å². The van der Waals surface area contributed by atoms with Crippen molar-refractivity contribution in [1.82, 2.24) is 0 Å². The van der Waals surface area contributed by atoms with Crippen molar-refractivity contribution in [3.8, 4) is 0 Å². The number of aryl methyl sites for hydroxylation is 2. The van der Waals surface area contributed by atoms with E-state index in [0.29, 0.717) is 11.4 Å². The minimum absolute atomic E-state index is 0.169. The van der Waals surface area contributed by atoms with E-state index < -0.39 is 10.0 Å². The van der Waals surface area contributed by atoms with Crippen LogP contribution in [0.5, 0.6) is 0 Å². The molecule has 0 saturated carbocycles. The van der Waals surface area contributed by atoms with Crippen LogP contribution in [0.1, 0.15) is 18.1 Å². The van der Waals surface area contributed by atoms with Crippen LogP contribution in [-0.2, 0) is 16.4 Å². The summed E-state index contributed by atoms with van der Waals surface area (Å²) in [5, 5.41) is 0. The van der Waals surface area contributed by atoms with E-state index in [2.05, 4.69) is 4.72 Å². The SMILES string of the molecule is CCc1cccc(C)c1NS(=O)(=O)c1cccc(N)c1. The van der Waals surface area contributed by atoms with E-state index in [1.807, 2.05) is 32.0 Å². The van der Waals surface area contributed by atoms with Gasteiger partial charge in [-0.25, -0.2) is 8.42 Å². The molecule has 2 aromatic rings. The number of hydrogen-bond donors (Lipinski definition) is 2. The number of benzene rings is 2. The van der Waals surface area contributed by atoms with E-state index in [1.54, 1.807) is 12.1 Å². The molecule has 106 valence electrons. The van der Waals surface area contributed by atoms with E-state index in [1.165, 1.54) is 12.1 Å². The molecule has 0 aliphatic carbocycles. The highest BCUT2D eigenvalue weighted by molar-refractivity contribution is 7.92. The molecular formula is C15H18N2O2S. The summed E-state index contributed by atoms with van der Waals surface area (Å²) in [6, 6.07) is 12.0. The summed E-state index contributed by atoms with van der Waals surface area (Å²) in [4.78, 5) is 0.169. The molecule has 2 aromatic carbocycles. The lowest BCUT2D eigenvalue weighted by Crippen LogP contribution is -2.15. The maximum Gasteiger partial charge on any atom is 0.261 e. The quantitative estimate of drug-likeness (QED) is 0.850. The average Bonchev–Trinajstić information content (AvgIpc) is 2.41. The first-order chi connectivity index (χ1) is 9.44. The molecule has 0 radical (unpaired) electrons. The fourth-order valence-electron chi connectivity index (χ4n) is 2.04. The zero-order valence-corrected chi connectivity index (χ0v) is 12.4. The molecule has 2 rings (SSSR count). The molecule has 20 heavy (non-hydrogen) atoms. The molecule has 0 atom stereocenters. The van der Waals surface area contributed by atoms with Crippen molar-refractivity contribution in [3.05, 3.63) is 53.6 Å². The Kier molecular flexibility index (Phi) is 3.99. The monoisotopic (exact) mass is 290 g/mol. The predicted molar refractivity (Wildman–Crippen MR) is 82.2 cm³/mol. The topological polar surface area (TPSA) is 72.2 Å². The highest BCUT2D eigenvalue weighted by Crippen LogP contribution is 2.25. The van der Waals surface area contributed by atoms with E-state index >= 15 is 0 Å². The molecule has 4 nitrogen and oxygen atoms in total. The normalized spacial score (nSPS) is 11.3. The summed E-state index contributed by atoms with van der Waals surface area (Å²) in [6.45, 7) is 3.88. The number of hydrogen-bond acceptors (Lipinski definition) is 3. The fourth-order valence-corrected chi connectivity index (χ4v) is 3.27. The second-order valence-corrected chi connectivity index (χ2v) is 6.32. The van der Waals surface area contributed by atoms with Gasteiger partial charge < -0.3 is 5.73 Å². The summed E-state index contributed by atoms with van der Waals surface area (Å²) >= 11 is 0. The van der Waals surface area contributed by atoms with Crippen LogP contribution < -0.4 is 10.5 Å². The number of nitrogens with one attached hydrogen (secondary N) is 1. The van der Waals surface area contributed by atoms with E-state index in [4.69, 9.17) is 5.73 Å². The Hall–Kier alpha value is -2.01. The van der Waals surface area contributed by atoms with Crippen molar-refractivity contribution in [2.45, 2.75) is 25.2 Å². The Balaban J connectivity index is 2.44. The minimum atomic E-state index is -3.62. The van der Waals surface area contributed by atoms with E-state index in [9.17, 15) is 8.42 Å². The third-order valence-corrected chi connectivity index (χ3v) is 4.49. The Bertz CT molecular complexity index is 724. The smallest absolute Gasteiger partial charge is 0.261 e. The van der Waals surface area contributed by atoms with Gasteiger partial charge in [0.25, 0.3) is 10.0 Å². The third kappa shape index (κ3) is 2.93. The van der Waals surface area contributed by atoms with Crippen molar-refractivity contribution in [3.63, 3.8) is 0 Å². The van der Waals surface area contributed by atoms with Crippen molar-refractivity contribution in [2.24, 2.45) is 0 Å². The Morgan fingerprint density at radius 3 is 2.50 bits per heavy atom. The highest BCUT2D eigenvalue weighted by Gasteiger charge is 2.17. The predicted octanol–water partition coefficient (Wildman–Crippen LogP) is 2.94. The van der Waals surface area contributed by atoms with Gasteiger partial charge >= 0.3 is 0 Å². The van der Waals surface area contributed by atoms with Gasteiger partial charge in [-0.05, 0) is 42.7 Å². The molecular weight excluding hydrogens is 272 g/mol. The molecule has 0 unspecified atom stereocenters. The lowest BCUT2D eigenvalue weighted by Gasteiger charge is -2.14. The van der Waals surface area contributed by atoms with Gasteiger partial charge in [-0.1, -0.05) is 31.2 Å². The van der Waals surface area contributed by atoms with Crippen LogP contribution in [0.3, 0.4) is 0 Å². The van der Waals surface area contributed by atoms with Crippen LogP contribution in [0, 0.1) is 6.92 Å². The largest absolute Gasteiger partial charge is 0.399 e. The standard InChI is InChI=1S/C15H18N2O2S/c1-3-12-7-4-6-11(2)15(12)17-20(18,19)14-9-5-8-13(16)10-14/h4-10,17H,3,16H2,1-2H3. The second kappa shape index (κ2) is 5.54. The third-order valence-electron chi connectivity index (χ3n) is 3.14. The van der Waals surface area contributed by atoms with Gasteiger partial charge in [-0.3, -0.25) is 4.72 Å². The fraction of sp³-hybridized carbons (Fsp3) is 0.200. The highest BCUT2D eigenvalue weighted by atomic mass is 32.2. The lowest BCUT2D eigenvalue weighted by molar-refractivity contribution is 0.601. The van der Waals surface area contributed by atoms with Crippen LogP contribution in [0.2, 0.25) is 0 Å². The zero-order valence-electron chi connectivity index (χ0n) is 11.6. The maximum absolute atomic E-state index is 12.4. The number of nitrogen functional groups attached to an aromatic ring is 1. The molecule has 0 heterocycles. The van der Waals surface area contributed by atoms with E-state index in [-0.39, 0.29) is 4.90 Å². The van der Waals surface area contributed by atoms with Gasteiger partial charge in [-0.2, -0.15) is 0 Å². The van der Waals surface area contributed by atoms with Crippen LogP contribution in [0.15, 0.2) is 47.4 Å². The molecule has 0 bridgehead atoms. The molecule has 5 heteroatoms. The number of rotatable bonds is 4. The van der Waals surface area contributed by atoms with Gasteiger partial charge in [0.15, 0.2) is 0 Å². The summed E-state index contributed by atoms with van der Waals surface area (Å²) < 4.78 is 27.5. The summed E-state index contributed by atoms with van der Waals surface area (Å²) in [5.74, 6) is 0. The second-order valence-electron chi connectivity index (χ2n) is 4.64. The van der Waals surface area contributed by atoms with Crippen molar-refractivity contribution in [1.29, 1.82) is 0 Å². The number of nitrogens with two attached hydrogens (primary N) is 1. The minimum Gasteiger partial charge on any atom is -0.399 e. The Labute approximate surface area is 119 Å². The van der Waals surface area contributed by atoms with Crippen molar-refractivity contribution < 1.29 is 8.42 Å². The summed E-state index contributed by atoms with van der Waals surface area (Å²) in [6.07, 6.45) is 0.760. The molecule has 0 fully saturated rings. The van der Waals surface area contributed by atoms with Crippen molar-refractivity contribution in [2.75, 3.05) is 10.5 Å². The number of sulfonamides is 1. The van der Waals surface area contributed by atoms with Gasteiger partial charge in [0.1, 0.15) is 0 Å². The van der Waals surface area contributed by atoms with Crippen LogP contribution in [-0.4, -0.2) is 8.42 Å². The van der Waals surface area contributed by atoms with Gasteiger partial charge in [0.05, 0.1) is 10.6 Å². The molecule has 3 N–H and O–H groups in total. The Morgan fingerprint density at radius 2 is 1.85 bits per heavy atom. The zero-order chi connectivity index (χ0) is 14.8. The summed E-state index contributed by atoms with van der Waals surface area (Å²) in [7, 11) is -3.62. The van der Waals surface area contributed by atoms with Crippen LogP contribution in [0.25, 0.3) is 0 Å². The first-order valence-corrected chi connectivity index (χ1v) is 7.89. The molecule has 0 saturated heterocycles. The first-order valence-electron chi connectivity index (χ1n) is 6.41. The van der Waals surface area contributed by atoms with Gasteiger partial charge in [0.2, 0.25) is 0 Å². The lowest BCUT2D eigenvalue weighted by atomic mass is 10.1. The summed E-state index contributed by atoms with van der Waals surface area (Å²) in [5.41, 5.74) is 8.59. The van der Waals surface area contributed by atoms with Gasteiger partial charge in [0, 0.05) is 5.69 Å². The molecule has 0 aromatic heterocycles. The molecule has 0 aliphatic rings. The molecule has 0 spiro atoms. The molecule has 0 aliphatic heterocycles. The van der Waals surface area contributed by atoms with Gasteiger partial charge in [-0.15, -0.1) is 0 Å². The maximum atomic E-state index is 12.4. The first kappa shape index (κ1) is 14.4. The average molecular weight is 290 g/mol. The molecule has 0 amide bonds.